The van der Waals surface area contributed by atoms with E-state index < -0.39 is 5.97 Å². The van der Waals surface area contributed by atoms with Crippen LogP contribution in [-0.2, 0) is 11.3 Å². The number of carboxylic acid groups (broad SMARTS) is 1. The smallest absolute Gasteiger partial charge is 0.317 e. The fraction of sp³-hybridized carbons (Fsp3) is 0.632. The first-order valence-corrected chi connectivity index (χ1v) is 9.67. The van der Waals surface area contributed by atoms with Crippen LogP contribution in [0.25, 0.3) is 0 Å². The molecule has 0 radical (unpaired) electrons. The number of carbonyl (C=O) groups is 2. The van der Waals surface area contributed by atoms with Crippen LogP contribution in [0.4, 0.5) is 4.79 Å². The Morgan fingerprint density at radius 3 is 2.63 bits per heavy atom. The van der Waals surface area contributed by atoms with Gasteiger partial charge in [-0.1, -0.05) is 13.0 Å². The summed E-state index contributed by atoms with van der Waals surface area (Å²) in [5, 5.41) is 12.1. The SMILES string of the molecule is CCN(CC(=O)O)C1CC(NC(=O)N2CCN(Cc3cccnc3)CC2)C1. The minimum Gasteiger partial charge on any atom is -0.480 e. The molecule has 8 nitrogen and oxygen atoms in total. The molecule has 1 aliphatic carbocycles. The average Bonchev–Trinajstić information content (AvgIpc) is 2.64. The number of carboxylic acids is 1. The Kier molecular flexibility index (Phi) is 6.63. The summed E-state index contributed by atoms with van der Waals surface area (Å²) in [6.07, 6.45) is 5.32. The molecule has 2 N–H and O–H groups in total. The quantitative estimate of drug-likeness (QED) is 0.734. The molecule has 0 atom stereocenters. The maximum absolute atomic E-state index is 12.5. The van der Waals surface area contributed by atoms with Gasteiger partial charge in [-0.15, -0.1) is 0 Å². The van der Waals surface area contributed by atoms with Gasteiger partial charge in [0.25, 0.3) is 0 Å². The van der Waals surface area contributed by atoms with Gasteiger partial charge in [0.1, 0.15) is 0 Å². The predicted octanol–water partition coefficient (Wildman–Crippen LogP) is 0.846. The van der Waals surface area contributed by atoms with Gasteiger partial charge in [0.2, 0.25) is 0 Å². The van der Waals surface area contributed by atoms with Crippen molar-refractivity contribution < 1.29 is 14.7 Å². The maximum atomic E-state index is 12.5. The van der Waals surface area contributed by atoms with E-state index in [4.69, 9.17) is 5.11 Å². The van der Waals surface area contributed by atoms with Crippen LogP contribution in [0.1, 0.15) is 25.3 Å². The number of aliphatic carboxylic acids is 1. The fourth-order valence-electron chi connectivity index (χ4n) is 3.80. The number of rotatable bonds is 7. The molecule has 1 aromatic rings. The summed E-state index contributed by atoms with van der Waals surface area (Å²) < 4.78 is 0. The average molecular weight is 375 g/mol. The highest BCUT2D eigenvalue weighted by atomic mass is 16.4. The van der Waals surface area contributed by atoms with Gasteiger partial charge in [0.15, 0.2) is 0 Å². The molecule has 27 heavy (non-hydrogen) atoms. The van der Waals surface area contributed by atoms with Gasteiger partial charge < -0.3 is 15.3 Å². The van der Waals surface area contributed by atoms with Crippen LogP contribution >= 0.6 is 0 Å². The molecule has 2 fully saturated rings. The first-order valence-electron chi connectivity index (χ1n) is 9.67. The Bertz CT molecular complexity index is 627. The van der Waals surface area contributed by atoms with Crippen molar-refractivity contribution in [2.45, 2.75) is 38.4 Å². The summed E-state index contributed by atoms with van der Waals surface area (Å²) in [6.45, 7) is 6.79. The zero-order valence-electron chi connectivity index (χ0n) is 15.9. The molecule has 0 bridgehead atoms. The lowest BCUT2D eigenvalue weighted by Gasteiger charge is -2.43. The third kappa shape index (κ3) is 5.40. The van der Waals surface area contributed by atoms with E-state index >= 15 is 0 Å². The van der Waals surface area contributed by atoms with Gasteiger partial charge in [-0.3, -0.25) is 19.6 Å². The highest BCUT2D eigenvalue weighted by molar-refractivity contribution is 5.74. The zero-order chi connectivity index (χ0) is 19.2. The van der Waals surface area contributed by atoms with E-state index in [0.717, 1.165) is 52.1 Å². The van der Waals surface area contributed by atoms with Crippen LogP contribution < -0.4 is 5.32 Å². The number of aromatic nitrogens is 1. The topological polar surface area (TPSA) is 89.0 Å². The van der Waals surface area contributed by atoms with E-state index in [-0.39, 0.29) is 24.7 Å². The van der Waals surface area contributed by atoms with Crippen molar-refractivity contribution in [3.05, 3.63) is 30.1 Å². The molecule has 2 heterocycles. The van der Waals surface area contributed by atoms with E-state index in [1.807, 2.05) is 29.0 Å². The number of pyridine rings is 1. The number of piperazine rings is 1. The highest BCUT2D eigenvalue weighted by Crippen LogP contribution is 2.25. The second-order valence-electron chi connectivity index (χ2n) is 7.35. The Morgan fingerprint density at radius 2 is 2.04 bits per heavy atom. The van der Waals surface area contributed by atoms with Crippen molar-refractivity contribution in [2.24, 2.45) is 0 Å². The molecule has 1 aromatic heterocycles. The van der Waals surface area contributed by atoms with Crippen molar-refractivity contribution in [3.63, 3.8) is 0 Å². The maximum Gasteiger partial charge on any atom is 0.317 e. The lowest BCUT2D eigenvalue weighted by molar-refractivity contribution is -0.139. The highest BCUT2D eigenvalue weighted by Gasteiger charge is 2.35. The normalized spacial score (nSPS) is 23.1. The third-order valence-corrected chi connectivity index (χ3v) is 5.49. The van der Waals surface area contributed by atoms with E-state index in [1.165, 1.54) is 5.56 Å². The summed E-state index contributed by atoms with van der Waals surface area (Å²) in [4.78, 5) is 33.7. The minimum absolute atomic E-state index is 0.000704. The lowest BCUT2D eigenvalue weighted by Crippen LogP contribution is -2.58. The molecule has 0 unspecified atom stereocenters. The lowest BCUT2D eigenvalue weighted by atomic mass is 9.85. The molecule has 1 saturated heterocycles. The molecule has 0 aromatic carbocycles. The Hall–Kier alpha value is -2.19. The number of hydrogen-bond donors (Lipinski definition) is 2. The zero-order valence-corrected chi connectivity index (χ0v) is 15.9. The molecule has 1 saturated carbocycles. The fourth-order valence-corrected chi connectivity index (χ4v) is 3.80. The van der Waals surface area contributed by atoms with E-state index in [2.05, 4.69) is 21.3 Å². The van der Waals surface area contributed by atoms with Crippen molar-refractivity contribution in [1.82, 2.24) is 25.0 Å². The first kappa shape index (κ1) is 19.6. The number of likely N-dealkylation sites (N-methyl/N-ethyl adjacent to an activating group) is 1. The monoisotopic (exact) mass is 375 g/mol. The van der Waals surface area contributed by atoms with Crippen LogP contribution in [0.2, 0.25) is 0 Å². The van der Waals surface area contributed by atoms with Crippen molar-refractivity contribution in [3.8, 4) is 0 Å². The van der Waals surface area contributed by atoms with E-state index in [1.54, 1.807) is 6.20 Å². The van der Waals surface area contributed by atoms with Gasteiger partial charge in [0.05, 0.1) is 6.54 Å². The predicted molar refractivity (Wildman–Crippen MR) is 101 cm³/mol. The van der Waals surface area contributed by atoms with E-state index in [9.17, 15) is 9.59 Å². The third-order valence-electron chi connectivity index (χ3n) is 5.49. The van der Waals surface area contributed by atoms with Crippen molar-refractivity contribution in [1.29, 1.82) is 0 Å². The number of nitrogens with zero attached hydrogens (tertiary/aromatic N) is 4. The summed E-state index contributed by atoms with van der Waals surface area (Å²) in [5.41, 5.74) is 1.19. The summed E-state index contributed by atoms with van der Waals surface area (Å²) in [7, 11) is 0. The molecular weight excluding hydrogens is 346 g/mol. The summed E-state index contributed by atoms with van der Waals surface area (Å²) in [6, 6.07) is 4.43. The standard InChI is InChI=1S/C19H29N5O3/c1-2-23(14-18(25)26)17-10-16(11-17)21-19(27)24-8-6-22(7-9-24)13-15-4-3-5-20-12-15/h3-5,12,16-17H,2,6-11,13-14H2,1H3,(H,21,27)(H,25,26). The van der Waals surface area contributed by atoms with E-state index in [0.29, 0.717) is 0 Å². The second-order valence-corrected chi connectivity index (χ2v) is 7.35. The molecule has 148 valence electrons. The summed E-state index contributed by atoms with van der Waals surface area (Å²) >= 11 is 0. The van der Waals surface area contributed by atoms with Gasteiger partial charge in [-0.25, -0.2) is 4.79 Å². The van der Waals surface area contributed by atoms with Crippen LogP contribution in [0.5, 0.6) is 0 Å². The van der Waals surface area contributed by atoms with Gasteiger partial charge in [0, 0.05) is 57.2 Å². The van der Waals surface area contributed by atoms with Gasteiger partial charge in [-0.2, -0.15) is 0 Å². The van der Waals surface area contributed by atoms with Crippen LogP contribution in [0, 0.1) is 0 Å². The number of hydrogen-bond acceptors (Lipinski definition) is 5. The minimum atomic E-state index is -0.798. The molecule has 2 aliphatic rings. The largest absolute Gasteiger partial charge is 0.480 e. The molecule has 3 rings (SSSR count). The molecule has 0 spiro atoms. The Morgan fingerprint density at radius 1 is 1.30 bits per heavy atom. The van der Waals surface area contributed by atoms with Crippen molar-refractivity contribution in [2.75, 3.05) is 39.3 Å². The van der Waals surface area contributed by atoms with Crippen LogP contribution in [-0.4, -0.2) is 88.1 Å². The number of carbonyl (C=O) groups excluding carboxylic acids is 1. The molecule has 8 heteroatoms. The Balaban J connectivity index is 1.36. The molecule has 1 aliphatic heterocycles. The van der Waals surface area contributed by atoms with Gasteiger partial charge in [-0.05, 0) is 31.0 Å². The first-order chi connectivity index (χ1) is 13.0. The Labute approximate surface area is 160 Å². The number of urea groups is 1. The second kappa shape index (κ2) is 9.14. The summed E-state index contributed by atoms with van der Waals surface area (Å²) in [5.74, 6) is -0.798. The van der Waals surface area contributed by atoms with Crippen molar-refractivity contribution >= 4 is 12.0 Å². The van der Waals surface area contributed by atoms with Gasteiger partial charge >= 0.3 is 12.0 Å². The number of amides is 2. The number of nitrogens with one attached hydrogen (secondary N) is 1. The van der Waals surface area contributed by atoms with Crippen LogP contribution in [0.3, 0.4) is 0 Å². The molecule has 2 amide bonds. The molecular formula is C19H29N5O3. The van der Waals surface area contributed by atoms with Crippen LogP contribution in [0.15, 0.2) is 24.5 Å².